The quantitative estimate of drug-likeness (QED) is 0.319. The molecular weight excluding hydrogens is 435 g/mol. The van der Waals surface area contributed by atoms with Gasteiger partial charge in [0, 0.05) is 27.9 Å². The van der Waals surface area contributed by atoms with E-state index >= 15 is 0 Å². The Morgan fingerprint density at radius 1 is 1.03 bits per heavy atom. The highest BCUT2D eigenvalue weighted by Gasteiger charge is 2.14. The van der Waals surface area contributed by atoms with E-state index in [1.807, 2.05) is 30.3 Å². The Kier molecular flexibility index (Phi) is 6.02. The number of carbonyl (C=O) groups excluding carboxylic acids is 1. The molecule has 0 saturated heterocycles. The zero-order chi connectivity index (χ0) is 21.8. The van der Waals surface area contributed by atoms with Gasteiger partial charge in [0.25, 0.3) is 5.91 Å². The molecule has 8 heteroatoms. The van der Waals surface area contributed by atoms with E-state index in [1.165, 1.54) is 18.3 Å². The largest absolute Gasteiger partial charge is 0.508 e. The first-order valence-electron chi connectivity index (χ1n) is 9.24. The number of carbonyl (C=O) groups is 1. The molecule has 1 heterocycles. The Hall–Kier alpha value is -3.61. The van der Waals surface area contributed by atoms with E-state index in [9.17, 15) is 9.90 Å². The topological polar surface area (TPSA) is 79.5 Å². The lowest BCUT2D eigenvalue weighted by molar-refractivity contribution is 0.0954. The van der Waals surface area contributed by atoms with Crippen LogP contribution in [-0.4, -0.2) is 27.0 Å². The molecule has 0 radical (unpaired) electrons. The lowest BCUT2D eigenvalue weighted by Crippen LogP contribution is -2.17. The lowest BCUT2D eigenvalue weighted by Gasteiger charge is -2.03. The van der Waals surface area contributed by atoms with Crippen LogP contribution in [0.1, 0.15) is 15.9 Å². The van der Waals surface area contributed by atoms with Crippen LogP contribution in [-0.2, 0) is 0 Å². The van der Waals surface area contributed by atoms with Gasteiger partial charge in [-0.3, -0.25) is 4.79 Å². The van der Waals surface area contributed by atoms with Gasteiger partial charge in [-0.1, -0.05) is 47.5 Å². The average molecular weight is 451 g/mol. The van der Waals surface area contributed by atoms with Crippen molar-refractivity contribution in [2.45, 2.75) is 0 Å². The third-order valence-electron chi connectivity index (χ3n) is 4.43. The molecule has 0 aliphatic rings. The number of hydrogen-bond donors (Lipinski definition) is 2. The molecular formula is C23H16Cl2N4O2. The van der Waals surface area contributed by atoms with Gasteiger partial charge in [-0.2, -0.15) is 10.2 Å². The summed E-state index contributed by atoms with van der Waals surface area (Å²) in [6.07, 6.45) is 3.28. The molecule has 2 N–H and O–H groups in total. The zero-order valence-electron chi connectivity index (χ0n) is 16.0. The van der Waals surface area contributed by atoms with Gasteiger partial charge in [-0.25, -0.2) is 10.1 Å². The van der Waals surface area contributed by atoms with E-state index in [0.717, 1.165) is 5.69 Å². The van der Waals surface area contributed by atoms with Crippen LogP contribution in [0.15, 0.2) is 84.1 Å². The number of hydrogen-bond acceptors (Lipinski definition) is 4. The zero-order valence-corrected chi connectivity index (χ0v) is 17.5. The van der Waals surface area contributed by atoms with Crippen LogP contribution in [0.2, 0.25) is 10.0 Å². The fourth-order valence-electron chi connectivity index (χ4n) is 2.96. The van der Waals surface area contributed by atoms with Crippen molar-refractivity contribution < 1.29 is 9.90 Å². The molecule has 31 heavy (non-hydrogen) atoms. The maximum atomic E-state index is 12.3. The van der Waals surface area contributed by atoms with Gasteiger partial charge in [0.05, 0.1) is 16.9 Å². The van der Waals surface area contributed by atoms with Crippen LogP contribution in [0.5, 0.6) is 5.75 Å². The SMILES string of the molecule is O=C(NN=Cc1cn(-c2ccccc2)nc1-c1ccc(Cl)cc1Cl)c1cccc(O)c1. The second kappa shape index (κ2) is 9.04. The van der Waals surface area contributed by atoms with Gasteiger partial charge in [0.1, 0.15) is 11.4 Å². The van der Waals surface area contributed by atoms with Crippen LogP contribution in [0.4, 0.5) is 0 Å². The van der Waals surface area contributed by atoms with E-state index in [1.54, 1.807) is 41.2 Å². The number of halogens is 2. The number of aromatic nitrogens is 2. The molecule has 0 saturated carbocycles. The summed E-state index contributed by atoms with van der Waals surface area (Å²) in [4.78, 5) is 12.3. The number of phenolic OH excluding ortho intramolecular Hbond substituents is 1. The smallest absolute Gasteiger partial charge is 0.271 e. The highest BCUT2D eigenvalue weighted by Crippen LogP contribution is 2.31. The molecule has 6 nitrogen and oxygen atoms in total. The number of phenols is 1. The van der Waals surface area contributed by atoms with Crippen LogP contribution < -0.4 is 5.43 Å². The number of hydrazone groups is 1. The maximum Gasteiger partial charge on any atom is 0.271 e. The van der Waals surface area contributed by atoms with Gasteiger partial charge in [-0.05, 0) is 48.5 Å². The van der Waals surface area contributed by atoms with Crippen molar-refractivity contribution in [3.8, 4) is 22.7 Å². The van der Waals surface area contributed by atoms with Gasteiger partial charge in [0.15, 0.2) is 0 Å². The molecule has 1 amide bonds. The molecule has 0 fully saturated rings. The van der Waals surface area contributed by atoms with E-state index in [-0.39, 0.29) is 11.3 Å². The summed E-state index contributed by atoms with van der Waals surface area (Å²) in [5, 5.41) is 19.2. The monoisotopic (exact) mass is 450 g/mol. The van der Waals surface area contributed by atoms with Crippen molar-refractivity contribution in [1.82, 2.24) is 15.2 Å². The molecule has 0 bridgehead atoms. The molecule has 0 atom stereocenters. The van der Waals surface area contributed by atoms with Crippen molar-refractivity contribution in [1.29, 1.82) is 0 Å². The number of rotatable bonds is 5. The second-order valence-corrected chi connectivity index (χ2v) is 7.43. The van der Waals surface area contributed by atoms with Crippen molar-refractivity contribution in [2.24, 2.45) is 5.10 Å². The van der Waals surface area contributed by atoms with Gasteiger partial charge < -0.3 is 5.11 Å². The number of aromatic hydroxyl groups is 1. The van der Waals surface area contributed by atoms with Gasteiger partial charge >= 0.3 is 0 Å². The predicted molar refractivity (Wildman–Crippen MR) is 122 cm³/mol. The molecule has 0 aliphatic carbocycles. The summed E-state index contributed by atoms with van der Waals surface area (Å²) in [6, 6.07) is 20.8. The minimum absolute atomic E-state index is 0.000401. The van der Waals surface area contributed by atoms with Gasteiger partial charge in [-0.15, -0.1) is 0 Å². The Bertz CT molecular complexity index is 1270. The van der Waals surface area contributed by atoms with E-state index in [2.05, 4.69) is 15.6 Å². The number of para-hydroxylation sites is 1. The Labute approximate surface area is 188 Å². The highest BCUT2D eigenvalue weighted by molar-refractivity contribution is 6.36. The summed E-state index contributed by atoms with van der Waals surface area (Å²) in [6.45, 7) is 0. The summed E-state index contributed by atoms with van der Waals surface area (Å²) < 4.78 is 1.71. The first kappa shape index (κ1) is 20.7. The van der Waals surface area contributed by atoms with E-state index in [4.69, 9.17) is 23.2 Å². The normalized spacial score (nSPS) is 11.0. The minimum Gasteiger partial charge on any atom is -0.508 e. The first-order valence-corrected chi connectivity index (χ1v) is 10.00. The van der Waals surface area contributed by atoms with E-state index in [0.29, 0.717) is 26.9 Å². The molecule has 0 spiro atoms. The third kappa shape index (κ3) is 4.77. The second-order valence-electron chi connectivity index (χ2n) is 6.59. The highest BCUT2D eigenvalue weighted by atomic mass is 35.5. The maximum absolute atomic E-state index is 12.3. The number of nitrogens with zero attached hydrogens (tertiary/aromatic N) is 3. The van der Waals surface area contributed by atoms with Crippen molar-refractivity contribution in [3.63, 3.8) is 0 Å². The minimum atomic E-state index is -0.450. The Balaban J connectivity index is 1.67. The number of amides is 1. The summed E-state index contributed by atoms with van der Waals surface area (Å²) >= 11 is 12.4. The molecule has 3 aromatic carbocycles. The number of benzene rings is 3. The third-order valence-corrected chi connectivity index (χ3v) is 4.98. The van der Waals surface area contributed by atoms with Gasteiger partial charge in [0.2, 0.25) is 0 Å². The Morgan fingerprint density at radius 3 is 2.58 bits per heavy atom. The molecule has 1 aromatic heterocycles. The standard InChI is InChI=1S/C23H16Cl2N4O2/c24-17-9-10-20(21(25)12-17)22-16(14-29(28-22)18-6-2-1-3-7-18)13-26-27-23(31)15-5-4-8-19(30)11-15/h1-14,30H,(H,27,31). The summed E-state index contributed by atoms with van der Waals surface area (Å²) in [5.41, 5.74) is 5.51. The number of nitrogens with one attached hydrogen (secondary N) is 1. The first-order chi connectivity index (χ1) is 15.0. The van der Waals surface area contributed by atoms with Crippen LogP contribution in [0.3, 0.4) is 0 Å². The van der Waals surface area contributed by atoms with E-state index < -0.39 is 5.91 Å². The molecule has 0 aliphatic heterocycles. The van der Waals surface area contributed by atoms with Crippen molar-refractivity contribution in [2.75, 3.05) is 0 Å². The van der Waals surface area contributed by atoms with Crippen LogP contribution >= 0.6 is 23.2 Å². The summed E-state index contributed by atoms with van der Waals surface area (Å²) in [7, 11) is 0. The molecule has 4 rings (SSSR count). The fraction of sp³-hybridized carbons (Fsp3) is 0. The fourth-order valence-corrected chi connectivity index (χ4v) is 3.46. The van der Waals surface area contributed by atoms with Crippen molar-refractivity contribution in [3.05, 3.63) is 100 Å². The predicted octanol–water partition coefficient (Wildman–Crippen LogP) is 5.32. The molecule has 0 unspecified atom stereocenters. The average Bonchev–Trinajstić information content (AvgIpc) is 3.18. The molecule has 154 valence electrons. The molecule has 4 aromatic rings. The Morgan fingerprint density at radius 2 is 1.84 bits per heavy atom. The van der Waals surface area contributed by atoms with Crippen LogP contribution in [0, 0.1) is 0 Å². The summed E-state index contributed by atoms with van der Waals surface area (Å²) in [5.74, 6) is -0.450. The van der Waals surface area contributed by atoms with Crippen LogP contribution in [0.25, 0.3) is 16.9 Å². The van der Waals surface area contributed by atoms with Crippen molar-refractivity contribution >= 4 is 35.3 Å². The lowest BCUT2D eigenvalue weighted by atomic mass is 10.1.